The SMILES string of the molecule is CNC[C@@H]1C[C@H](F)CN1Cc1cnn(C)c1. The lowest BCUT2D eigenvalue weighted by Gasteiger charge is -2.22. The molecule has 1 N–H and O–H groups in total. The van der Waals surface area contributed by atoms with Crippen molar-refractivity contribution in [1.82, 2.24) is 20.0 Å². The van der Waals surface area contributed by atoms with Gasteiger partial charge in [0.2, 0.25) is 0 Å². The van der Waals surface area contributed by atoms with Crippen LogP contribution in [-0.2, 0) is 13.6 Å². The number of likely N-dealkylation sites (N-methyl/N-ethyl adjacent to an activating group) is 1. The van der Waals surface area contributed by atoms with Crippen LogP contribution in [0.25, 0.3) is 0 Å². The van der Waals surface area contributed by atoms with Gasteiger partial charge in [-0.05, 0) is 13.5 Å². The molecule has 1 aromatic rings. The van der Waals surface area contributed by atoms with Gasteiger partial charge in [0, 0.05) is 44.5 Å². The van der Waals surface area contributed by atoms with Crippen molar-refractivity contribution in [3.05, 3.63) is 18.0 Å². The molecule has 1 aliphatic rings. The predicted octanol–water partition coefficient (Wildman–Crippen LogP) is 0.552. The van der Waals surface area contributed by atoms with Crippen LogP contribution in [-0.4, -0.2) is 47.0 Å². The van der Waals surface area contributed by atoms with Crippen molar-refractivity contribution in [2.45, 2.75) is 25.2 Å². The zero-order chi connectivity index (χ0) is 11.5. The number of aryl methyl sites for hydroxylation is 1. The average molecular weight is 226 g/mol. The Labute approximate surface area is 95.4 Å². The summed E-state index contributed by atoms with van der Waals surface area (Å²) >= 11 is 0. The minimum atomic E-state index is -0.685. The number of hydrogen-bond donors (Lipinski definition) is 1. The summed E-state index contributed by atoms with van der Waals surface area (Å²) < 4.78 is 15.1. The van der Waals surface area contributed by atoms with Gasteiger partial charge in [-0.15, -0.1) is 0 Å². The van der Waals surface area contributed by atoms with Crippen molar-refractivity contribution in [3.8, 4) is 0 Å². The lowest BCUT2D eigenvalue weighted by Crippen LogP contribution is -2.36. The van der Waals surface area contributed by atoms with E-state index in [-0.39, 0.29) is 0 Å². The van der Waals surface area contributed by atoms with E-state index in [1.165, 1.54) is 0 Å². The molecule has 4 nitrogen and oxygen atoms in total. The van der Waals surface area contributed by atoms with Gasteiger partial charge in [0.25, 0.3) is 0 Å². The average Bonchev–Trinajstić information content (AvgIpc) is 2.76. The molecule has 1 saturated heterocycles. The molecule has 2 heterocycles. The van der Waals surface area contributed by atoms with E-state index in [0.717, 1.165) is 18.7 Å². The van der Waals surface area contributed by atoms with Gasteiger partial charge in [-0.3, -0.25) is 9.58 Å². The molecule has 0 aliphatic carbocycles. The van der Waals surface area contributed by atoms with Crippen molar-refractivity contribution in [1.29, 1.82) is 0 Å². The molecular weight excluding hydrogens is 207 g/mol. The van der Waals surface area contributed by atoms with Crippen LogP contribution in [0.1, 0.15) is 12.0 Å². The monoisotopic (exact) mass is 226 g/mol. The van der Waals surface area contributed by atoms with E-state index >= 15 is 0 Å². The molecule has 0 amide bonds. The Balaban J connectivity index is 1.97. The van der Waals surface area contributed by atoms with E-state index in [9.17, 15) is 4.39 Å². The van der Waals surface area contributed by atoms with Crippen LogP contribution in [0.2, 0.25) is 0 Å². The third-order valence-corrected chi connectivity index (χ3v) is 3.06. The third kappa shape index (κ3) is 2.59. The highest BCUT2D eigenvalue weighted by atomic mass is 19.1. The molecule has 1 aromatic heterocycles. The van der Waals surface area contributed by atoms with Crippen LogP contribution in [0.3, 0.4) is 0 Å². The Morgan fingerprint density at radius 2 is 2.44 bits per heavy atom. The first kappa shape index (κ1) is 11.5. The lowest BCUT2D eigenvalue weighted by molar-refractivity contribution is 0.232. The van der Waals surface area contributed by atoms with Gasteiger partial charge in [0.1, 0.15) is 6.17 Å². The predicted molar refractivity (Wildman–Crippen MR) is 60.8 cm³/mol. The Morgan fingerprint density at radius 1 is 1.62 bits per heavy atom. The fourth-order valence-corrected chi connectivity index (χ4v) is 2.35. The maximum Gasteiger partial charge on any atom is 0.114 e. The lowest BCUT2D eigenvalue weighted by atomic mass is 10.2. The summed E-state index contributed by atoms with van der Waals surface area (Å²) in [5.41, 5.74) is 1.15. The molecule has 0 aromatic carbocycles. The zero-order valence-electron chi connectivity index (χ0n) is 9.86. The second kappa shape index (κ2) is 4.93. The molecule has 0 radical (unpaired) electrons. The van der Waals surface area contributed by atoms with Gasteiger partial charge < -0.3 is 5.32 Å². The largest absolute Gasteiger partial charge is 0.318 e. The van der Waals surface area contributed by atoms with E-state index in [1.807, 2.05) is 26.5 Å². The molecule has 0 spiro atoms. The third-order valence-electron chi connectivity index (χ3n) is 3.06. The molecule has 2 atom stereocenters. The van der Waals surface area contributed by atoms with Gasteiger partial charge in [-0.25, -0.2) is 4.39 Å². The number of aromatic nitrogens is 2. The number of rotatable bonds is 4. The topological polar surface area (TPSA) is 33.1 Å². The van der Waals surface area contributed by atoms with Crippen LogP contribution in [0.4, 0.5) is 4.39 Å². The Bertz CT molecular complexity index is 338. The van der Waals surface area contributed by atoms with Gasteiger partial charge >= 0.3 is 0 Å². The number of alkyl halides is 1. The number of likely N-dealkylation sites (tertiary alicyclic amines) is 1. The Kier molecular flexibility index (Phi) is 3.56. The molecule has 16 heavy (non-hydrogen) atoms. The van der Waals surface area contributed by atoms with Crippen LogP contribution in [0.5, 0.6) is 0 Å². The van der Waals surface area contributed by atoms with Crippen molar-refractivity contribution in [3.63, 3.8) is 0 Å². The van der Waals surface area contributed by atoms with Gasteiger partial charge in [-0.1, -0.05) is 0 Å². The van der Waals surface area contributed by atoms with E-state index in [2.05, 4.69) is 15.3 Å². The zero-order valence-corrected chi connectivity index (χ0v) is 9.86. The summed E-state index contributed by atoms with van der Waals surface area (Å²) in [7, 11) is 3.81. The first-order valence-electron chi connectivity index (χ1n) is 5.69. The van der Waals surface area contributed by atoms with Crippen molar-refractivity contribution < 1.29 is 4.39 Å². The summed E-state index contributed by atoms with van der Waals surface area (Å²) in [5, 5.41) is 7.25. The van der Waals surface area contributed by atoms with Crippen LogP contribution in [0.15, 0.2) is 12.4 Å². The molecule has 1 aliphatic heterocycles. The van der Waals surface area contributed by atoms with Crippen LogP contribution >= 0.6 is 0 Å². The van der Waals surface area contributed by atoms with E-state index in [1.54, 1.807) is 4.68 Å². The minimum Gasteiger partial charge on any atom is -0.318 e. The molecule has 2 rings (SSSR count). The van der Waals surface area contributed by atoms with Gasteiger partial charge in [0.15, 0.2) is 0 Å². The summed E-state index contributed by atoms with van der Waals surface area (Å²) in [4.78, 5) is 2.19. The first-order chi connectivity index (χ1) is 7.69. The molecule has 90 valence electrons. The smallest absolute Gasteiger partial charge is 0.114 e. The quantitative estimate of drug-likeness (QED) is 0.814. The second-order valence-corrected chi connectivity index (χ2v) is 4.50. The molecule has 5 heteroatoms. The maximum absolute atomic E-state index is 13.4. The maximum atomic E-state index is 13.4. The van der Waals surface area contributed by atoms with Crippen molar-refractivity contribution in [2.75, 3.05) is 20.1 Å². The van der Waals surface area contributed by atoms with Gasteiger partial charge in [0.05, 0.1) is 6.20 Å². The van der Waals surface area contributed by atoms with E-state index in [4.69, 9.17) is 0 Å². The summed E-state index contributed by atoms with van der Waals surface area (Å²) in [5.74, 6) is 0. The summed E-state index contributed by atoms with van der Waals surface area (Å²) in [6.45, 7) is 2.18. The van der Waals surface area contributed by atoms with Gasteiger partial charge in [-0.2, -0.15) is 5.10 Å². The molecule has 0 unspecified atom stereocenters. The summed E-state index contributed by atoms with van der Waals surface area (Å²) in [6, 6.07) is 0.306. The van der Waals surface area contributed by atoms with Crippen LogP contribution in [0, 0.1) is 0 Å². The Hall–Kier alpha value is -0.940. The van der Waals surface area contributed by atoms with E-state index in [0.29, 0.717) is 19.0 Å². The number of nitrogens with zero attached hydrogens (tertiary/aromatic N) is 3. The number of nitrogens with one attached hydrogen (secondary N) is 1. The second-order valence-electron chi connectivity index (χ2n) is 4.50. The number of halogens is 1. The standard InChI is InChI=1S/C11H19FN4/c1-13-5-11-3-10(12)8-16(11)7-9-4-14-15(2)6-9/h4,6,10-11,13H,3,5,7-8H2,1-2H3/t10-,11-/m0/s1. The summed E-state index contributed by atoms with van der Waals surface area (Å²) in [6.07, 6.45) is 3.79. The highest BCUT2D eigenvalue weighted by Gasteiger charge is 2.31. The first-order valence-corrected chi connectivity index (χ1v) is 5.69. The molecule has 1 fully saturated rings. The Morgan fingerprint density at radius 3 is 3.06 bits per heavy atom. The van der Waals surface area contributed by atoms with Crippen LogP contribution < -0.4 is 5.32 Å². The highest BCUT2D eigenvalue weighted by Crippen LogP contribution is 2.21. The molecule has 0 saturated carbocycles. The molecule has 0 bridgehead atoms. The van der Waals surface area contributed by atoms with Crippen molar-refractivity contribution >= 4 is 0 Å². The number of hydrogen-bond acceptors (Lipinski definition) is 3. The molecular formula is C11H19FN4. The minimum absolute atomic E-state index is 0.306. The highest BCUT2D eigenvalue weighted by molar-refractivity contribution is 5.05. The normalized spacial score (nSPS) is 26.4. The van der Waals surface area contributed by atoms with Crippen molar-refractivity contribution in [2.24, 2.45) is 7.05 Å². The fraction of sp³-hybridized carbons (Fsp3) is 0.727. The van der Waals surface area contributed by atoms with E-state index < -0.39 is 6.17 Å². The fourth-order valence-electron chi connectivity index (χ4n) is 2.35.